The van der Waals surface area contributed by atoms with Gasteiger partial charge in [-0.2, -0.15) is 0 Å². The predicted octanol–water partition coefficient (Wildman–Crippen LogP) is 3.10. The predicted molar refractivity (Wildman–Crippen MR) is 81.2 cm³/mol. The molecule has 0 spiro atoms. The van der Waals surface area contributed by atoms with E-state index in [2.05, 4.69) is 42.7 Å². The monoisotopic (exact) mass is 277 g/mol. The summed E-state index contributed by atoms with van der Waals surface area (Å²) in [5.74, 6) is 5.68. The van der Waals surface area contributed by atoms with Crippen LogP contribution in [0.2, 0.25) is 0 Å². The van der Waals surface area contributed by atoms with Gasteiger partial charge in [0.15, 0.2) is 0 Å². The highest BCUT2D eigenvalue weighted by molar-refractivity contribution is 7.12. The van der Waals surface area contributed by atoms with Gasteiger partial charge in [-0.05, 0) is 43.4 Å². The van der Waals surface area contributed by atoms with Crippen molar-refractivity contribution in [1.29, 1.82) is 0 Å². The van der Waals surface area contributed by atoms with E-state index in [4.69, 9.17) is 5.11 Å². The Morgan fingerprint density at radius 3 is 2.79 bits per heavy atom. The van der Waals surface area contributed by atoms with E-state index in [1.54, 1.807) is 11.3 Å². The Morgan fingerprint density at radius 2 is 2.16 bits per heavy atom. The fraction of sp³-hybridized carbons (Fsp3) is 0.625. The molecule has 1 aromatic heterocycles. The van der Waals surface area contributed by atoms with Gasteiger partial charge in [0.05, 0.1) is 4.88 Å². The molecule has 1 aromatic rings. The maximum Gasteiger partial charge on any atom is 0.104 e. The number of hydrogen-bond donors (Lipinski definition) is 1. The summed E-state index contributed by atoms with van der Waals surface area (Å²) >= 11 is 1.75. The van der Waals surface area contributed by atoms with Crippen molar-refractivity contribution in [1.82, 2.24) is 4.90 Å². The van der Waals surface area contributed by atoms with Crippen molar-refractivity contribution >= 4 is 11.3 Å². The summed E-state index contributed by atoms with van der Waals surface area (Å²) in [4.78, 5) is 5.01. The standard InChI is InChI=1S/C16H23NOS/c1-3-16(4-2)9-10-17(13-16)12-15-8-7-14(19-15)6-5-11-18/h7-8,18H,3-4,9-13H2,1-2H3. The third-order valence-corrected chi connectivity index (χ3v) is 5.33. The molecular weight excluding hydrogens is 254 g/mol. The van der Waals surface area contributed by atoms with E-state index in [0.717, 1.165) is 11.4 Å². The highest BCUT2D eigenvalue weighted by Gasteiger charge is 2.34. The molecule has 0 saturated carbocycles. The van der Waals surface area contributed by atoms with Crippen molar-refractivity contribution in [3.63, 3.8) is 0 Å². The zero-order valence-electron chi connectivity index (χ0n) is 11.9. The van der Waals surface area contributed by atoms with Crippen LogP contribution in [0, 0.1) is 17.3 Å². The molecule has 19 heavy (non-hydrogen) atoms. The van der Waals surface area contributed by atoms with Gasteiger partial charge in [0.1, 0.15) is 6.61 Å². The lowest BCUT2D eigenvalue weighted by Gasteiger charge is -2.26. The molecule has 0 radical (unpaired) electrons. The molecule has 1 aliphatic rings. The molecule has 3 heteroatoms. The summed E-state index contributed by atoms with van der Waals surface area (Å²) in [6, 6.07) is 4.23. The first-order chi connectivity index (χ1) is 9.21. The van der Waals surface area contributed by atoms with E-state index in [9.17, 15) is 0 Å². The van der Waals surface area contributed by atoms with Crippen LogP contribution in [0.15, 0.2) is 12.1 Å². The molecule has 0 atom stereocenters. The minimum Gasteiger partial charge on any atom is -0.384 e. The Kier molecular flexibility index (Phi) is 5.04. The largest absolute Gasteiger partial charge is 0.384 e. The van der Waals surface area contributed by atoms with Crippen LogP contribution in [0.5, 0.6) is 0 Å². The molecule has 104 valence electrons. The van der Waals surface area contributed by atoms with Gasteiger partial charge in [-0.25, -0.2) is 0 Å². The average Bonchev–Trinajstić information content (AvgIpc) is 3.04. The highest BCUT2D eigenvalue weighted by atomic mass is 32.1. The Labute approximate surface area is 120 Å². The fourth-order valence-electron chi connectivity index (χ4n) is 2.87. The Morgan fingerprint density at radius 1 is 1.37 bits per heavy atom. The normalized spacial score (nSPS) is 18.3. The molecule has 1 fully saturated rings. The Hall–Kier alpha value is -0.820. The van der Waals surface area contributed by atoms with Crippen molar-refractivity contribution in [2.24, 2.45) is 5.41 Å². The molecule has 1 saturated heterocycles. The maximum atomic E-state index is 8.70. The second kappa shape index (κ2) is 6.56. The van der Waals surface area contributed by atoms with Gasteiger partial charge in [0.25, 0.3) is 0 Å². The first-order valence-electron chi connectivity index (χ1n) is 7.12. The van der Waals surface area contributed by atoms with Gasteiger partial charge < -0.3 is 5.11 Å². The van der Waals surface area contributed by atoms with Crippen LogP contribution in [0.3, 0.4) is 0 Å². The van der Waals surface area contributed by atoms with Crippen molar-refractivity contribution in [2.45, 2.75) is 39.7 Å². The van der Waals surface area contributed by atoms with Crippen molar-refractivity contribution in [3.8, 4) is 11.8 Å². The van der Waals surface area contributed by atoms with E-state index in [0.29, 0.717) is 5.41 Å². The van der Waals surface area contributed by atoms with E-state index in [-0.39, 0.29) is 6.61 Å². The lowest BCUT2D eigenvalue weighted by Crippen LogP contribution is -2.25. The molecule has 0 aromatic carbocycles. The molecule has 1 aliphatic heterocycles. The second-order valence-electron chi connectivity index (χ2n) is 5.39. The van der Waals surface area contributed by atoms with Gasteiger partial charge in [-0.3, -0.25) is 4.90 Å². The number of thiophene rings is 1. The smallest absolute Gasteiger partial charge is 0.104 e. The van der Waals surface area contributed by atoms with Crippen LogP contribution in [0.4, 0.5) is 0 Å². The van der Waals surface area contributed by atoms with Crippen LogP contribution in [0.1, 0.15) is 42.9 Å². The van der Waals surface area contributed by atoms with Crippen molar-refractivity contribution < 1.29 is 5.11 Å². The Balaban J connectivity index is 1.94. The van der Waals surface area contributed by atoms with E-state index in [1.807, 2.05) is 0 Å². The number of hydrogen-bond acceptors (Lipinski definition) is 3. The lowest BCUT2D eigenvalue weighted by atomic mass is 9.82. The molecule has 2 heterocycles. The van der Waals surface area contributed by atoms with Gasteiger partial charge in [0.2, 0.25) is 0 Å². The SMILES string of the molecule is CCC1(CC)CCN(Cc2ccc(C#CCO)s2)C1. The number of rotatable bonds is 4. The molecule has 1 N–H and O–H groups in total. The summed E-state index contributed by atoms with van der Waals surface area (Å²) in [6.45, 7) is 8.08. The fourth-order valence-corrected chi connectivity index (χ4v) is 3.79. The highest BCUT2D eigenvalue weighted by Crippen LogP contribution is 2.37. The third-order valence-electron chi connectivity index (χ3n) is 4.35. The van der Waals surface area contributed by atoms with Gasteiger partial charge in [-0.1, -0.05) is 25.7 Å². The lowest BCUT2D eigenvalue weighted by molar-refractivity contribution is 0.237. The summed E-state index contributed by atoms with van der Waals surface area (Å²) < 4.78 is 0. The number of likely N-dealkylation sites (tertiary alicyclic amines) is 1. The maximum absolute atomic E-state index is 8.70. The summed E-state index contributed by atoms with van der Waals surface area (Å²) in [7, 11) is 0. The van der Waals surface area contributed by atoms with Crippen LogP contribution in [0.25, 0.3) is 0 Å². The van der Waals surface area contributed by atoms with E-state index in [1.165, 1.54) is 37.2 Å². The van der Waals surface area contributed by atoms with Crippen LogP contribution in [-0.2, 0) is 6.54 Å². The number of aliphatic hydroxyl groups excluding tert-OH is 1. The summed E-state index contributed by atoms with van der Waals surface area (Å²) in [5.41, 5.74) is 0.552. The minimum absolute atomic E-state index is 0.0606. The summed E-state index contributed by atoms with van der Waals surface area (Å²) in [5, 5.41) is 8.70. The summed E-state index contributed by atoms with van der Waals surface area (Å²) in [6.07, 6.45) is 3.91. The third kappa shape index (κ3) is 3.60. The van der Waals surface area contributed by atoms with Gasteiger partial charge in [0, 0.05) is 18.0 Å². The molecule has 0 amide bonds. The molecular formula is C16H23NOS. The average molecular weight is 277 g/mol. The van der Waals surface area contributed by atoms with Crippen LogP contribution >= 0.6 is 11.3 Å². The molecule has 2 nitrogen and oxygen atoms in total. The quantitative estimate of drug-likeness (QED) is 0.855. The number of aliphatic hydroxyl groups is 1. The van der Waals surface area contributed by atoms with E-state index < -0.39 is 0 Å². The molecule has 0 aliphatic carbocycles. The van der Waals surface area contributed by atoms with E-state index >= 15 is 0 Å². The molecule has 0 bridgehead atoms. The zero-order chi connectivity index (χ0) is 13.7. The van der Waals surface area contributed by atoms with Gasteiger partial charge >= 0.3 is 0 Å². The first kappa shape index (κ1) is 14.6. The van der Waals surface area contributed by atoms with Gasteiger partial charge in [-0.15, -0.1) is 11.3 Å². The van der Waals surface area contributed by atoms with Crippen molar-refractivity contribution in [2.75, 3.05) is 19.7 Å². The second-order valence-corrected chi connectivity index (χ2v) is 6.56. The number of nitrogens with zero attached hydrogens (tertiary/aromatic N) is 1. The minimum atomic E-state index is -0.0606. The van der Waals surface area contributed by atoms with Crippen LogP contribution < -0.4 is 0 Å². The molecule has 0 unspecified atom stereocenters. The topological polar surface area (TPSA) is 23.5 Å². The zero-order valence-corrected chi connectivity index (χ0v) is 12.7. The molecule has 2 rings (SSSR count). The van der Waals surface area contributed by atoms with Crippen molar-refractivity contribution in [3.05, 3.63) is 21.9 Å². The first-order valence-corrected chi connectivity index (χ1v) is 7.94. The Bertz CT molecular complexity index is 465. The van der Waals surface area contributed by atoms with Crippen LogP contribution in [-0.4, -0.2) is 29.7 Å².